The molecule has 0 aliphatic heterocycles. The van der Waals surface area contributed by atoms with Gasteiger partial charge < -0.3 is 14.8 Å². The van der Waals surface area contributed by atoms with Crippen molar-refractivity contribution < 1.29 is 9.47 Å². The lowest BCUT2D eigenvalue weighted by molar-refractivity contribution is 0.356. The second-order valence-corrected chi connectivity index (χ2v) is 6.07. The van der Waals surface area contributed by atoms with Crippen LogP contribution in [0.4, 0.5) is 0 Å². The van der Waals surface area contributed by atoms with E-state index >= 15 is 0 Å². The van der Waals surface area contributed by atoms with Gasteiger partial charge in [0.25, 0.3) is 0 Å². The molecule has 0 spiro atoms. The summed E-state index contributed by atoms with van der Waals surface area (Å²) in [5.41, 5.74) is 2.03. The van der Waals surface area contributed by atoms with E-state index in [1.165, 1.54) is 0 Å². The number of hydrogen-bond acceptors (Lipinski definition) is 5. The number of benzene rings is 1. The largest absolute Gasteiger partial charge is 0.493 e. The van der Waals surface area contributed by atoms with E-state index < -0.39 is 0 Å². The number of nitrogens with zero attached hydrogens (tertiary/aromatic N) is 1. The molecular weight excluding hydrogens is 284 g/mol. The van der Waals surface area contributed by atoms with Crippen LogP contribution < -0.4 is 14.8 Å². The number of ether oxygens (including phenoxy) is 2. The molecule has 1 heterocycles. The zero-order valence-corrected chi connectivity index (χ0v) is 13.8. The van der Waals surface area contributed by atoms with Gasteiger partial charge in [-0.3, -0.25) is 0 Å². The van der Waals surface area contributed by atoms with E-state index in [1.54, 1.807) is 25.6 Å². The molecule has 0 fully saturated rings. The Morgan fingerprint density at radius 2 is 2.05 bits per heavy atom. The number of rotatable bonds is 7. The maximum absolute atomic E-state index is 5.47. The summed E-state index contributed by atoms with van der Waals surface area (Å²) in [6, 6.07) is 5.85. The zero-order valence-electron chi connectivity index (χ0n) is 13.0. The highest BCUT2D eigenvalue weighted by atomic mass is 32.1. The van der Waals surface area contributed by atoms with Crippen LogP contribution in [0.15, 0.2) is 23.6 Å². The number of methoxy groups -OCH3 is 2. The molecule has 2 aromatic rings. The average molecular weight is 306 g/mol. The van der Waals surface area contributed by atoms with Crippen LogP contribution in [0.25, 0.3) is 10.6 Å². The first-order valence-electron chi connectivity index (χ1n) is 7.02. The Morgan fingerprint density at radius 1 is 1.24 bits per heavy atom. The molecule has 0 aliphatic carbocycles. The standard InChI is InChI=1S/C16H22N2O2S/c1-11(2)8-17-9-12-10-21-16(18-12)13-6-5-7-14(19-3)15(13)20-4/h5-7,10-11,17H,8-9H2,1-4H3. The first-order chi connectivity index (χ1) is 10.2. The second kappa shape index (κ2) is 7.43. The van der Waals surface area contributed by atoms with Crippen molar-refractivity contribution in [2.75, 3.05) is 20.8 Å². The highest BCUT2D eigenvalue weighted by molar-refractivity contribution is 7.13. The van der Waals surface area contributed by atoms with Gasteiger partial charge in [0.1, 0.15) is 5.01 Å². The molecule has 114 valence electrons. The van der Waals surface area contributed by atoms with Crippen LogP contribution in [0, 0.1) is 5.92 Å². The lowest BCUT2D eigenvalue weighted by Crippen LogP contribution is -2.19. The second-order valence-electron chi connectivity index (χ2n) is 5.21. The molecule has 0 atom stereocenters. The van der Waals surface area contributed by atoms with Crippen LogP contribution in [0.2, 0.25) is 0 Å². The number of para-hydroxylation sites is 1. The van der Waals surface area contributed by atoms with E-state index in [4.69, 9.17) is 9.47 Å². The summed E-state index contributed by atoms with van der Waals surface area (Å²) in [7, 11) is 3.30. The summed E-state index contributed by atoms with van der Waals surface area (Å²) in [6.45, 7) is 6.18. The minimum absolute atomic E-state index is 0.640. The summed E-state index contributed by atoms with van der Waals surface area (Å²) < 4.78 is 10.8. The van der Waals surface area contributed by atoms with Gasteiger partial charge in [0.2, 0.25) is 0 Å². The Morgan fingerprint density at radius 3 is 2.71 bits per heavy atom. The lowest BCUT2D eigenvalue weighted by atomic mass is 10.2. The lowest BCUT2D eigenvalue weighted by Gasteiger charge is -2.10. The van der Waals surface area contributed by atoms with Crippen LogP contribution in [0.5, 0.6) is 11.5 Å². The molecule has 5 heteroatoms. The predicted octanol–water partition coefficient (Wildman–Crippen LogP) is 3.57. The van der Waals surface area contributed by atoms with Crippen LogP contribution in [-0.4, -0.2) is 25.7 Å². The zero-order chi connectivity index (χ0) is 15.2. The first-order valence-corrected chi connectivity index (χ1v) is 7.90. The highest BCUT2D eigenvalue weighted by Gasteiger charge is 2.14. The van der Waals surface area contributed by atoms with Crippen molar-refractivity contribution in [3.05, 3.63) is 29.3 Å². The van der Waals surface area contributed by atoms with E-state index in [0.29, 0.717) is 5.92 Å². The Kier molecular flexibility index (Phi) is 5.59. The summed E-state index contributed by atoms with van der Waals surface area (Å²) in [5.74, 6) is 2.10. The SMILES string of the molecule is COc1cccc(-c2nc(CNCC(C)C)cs2)c1OC. The van der Waals surface area contributed by atoms with E-state index in [9.17, 15) is 0 Å². The van der Waals surface area contributed by atoms with Crippen LogP contribution in [0.3, 0.4) is 0 Å². The van der Waals surface area contributed by atoms with Crippen LogP contribution in [0.1, 0.15) is 19.5 Å². The van der Waals surface area contributed by atoms with Crippen LogP contribution in [-0.2, 0) is 6.54 Å². The monoisotopic (exact) mass is 306 g/mol. The third kappa shape index (κ3) is 3.95. The van der Waals surface area contributed by atoms with Crippen molar-refractivity contribution in [1.82, 2.24) is 10.3 Å². The topological polar surface area (TPSA) is 43.4 Å². The molecule has 1 aromatic heterocycles. The fourth-order valence-corrected chi connectivity index (χ4v) is 2.90. The normalized spacial score (nSPS) is 10.9. The number of hydrogen-bond donors (Lipinski definition) is 1. The van der Waals surface area contributed by atoms with Crippen molar-refractivity contribution in [3.8, 4) is 22.1 Å². The van der Waals surface area contributed by atoms with Gasteiger partial charge in [0.15, 0.2) is 11.5 Å². The number of thiazole rings is 1. The van der Waals surface area contributed by atoms with Gasteiger partial charge in [0.05, 0.1) is 25.5 Å². The van der Waals surface area contributed by atoms with Gasteiger partial charge in [-0.05, 0) is 24.6 Å². The Balaban J connectivity index is 2.17. The van der Waals surface area contributed by atoms with E-state index in [2.05, 4.69) is 29.5 Å². The minimum atomic E-state index is 0.640. The molecule has 4 nitrogen and oxygen atoms in total. The quantitative estimate of drug-likeness (QED) is 0.849. The summed E-state index contributed by atoms with van der Waals surface area (Å²) in [5, 5.41) is 6.44. The van der Waals surface area contributed by atoms with Gasteiger partial charge in [-0.25, -0.2) is 4.98 Å². The fourth-order valence-electron chi connectivity index (χ4n) is 2.06. The highest BCUT2D eigenvalue weighted by Crippen LogP contribution is 2.38. The molecule has 2 rings (SSSR count). The van der Waals surface area contributed by atoms with Gasteiger partial charge in [-0.1, -0.05) is 19.9 Å². The third-order valence-corrected chi connectivity index (χ3v) is 3.97. The third-order valence-electron chi connectivity index (χ3n) is 3.04. The van der Waals surface area contributed by atoms with Gasteiger partial charge in [0, 0.05) is 11.9 Å². The van der Waals surface area contributed by atoms with Crippen molar-refractivity contribution in [2.24, 2.45) is 5.92 Å². The van der Waals surface area contributed by atoms with Crippen LogP contribution >= 0.6 is 11.3 Å². The molecule has 0 saturated heterocycles. The molecule has 0 unspecified atom stereocenters. The van der Waals surface area contributed by atoms with Gasteiger partial charge >= 0.3 is 0 Å². The summed E-state index contributed by atoms with van der Waals surface area (Å²) in [6.07, 6.45) is 0. The molecule has 0 bridgehead atoms. The smallest absolute Gasteiger partial charge is 0.170 e. The minimum Gasteiger partial charge on any atom is -0.493 e. The van der Waals surface area contributed by atoms with Gasteiger partial charge in [-0.2, -0.15) is 0 Å². The van der Waals surface area contributed by atoms with Crippen molar-refractivity contribution in [1.29, 1.82) is 0 Å². The number of nitrogens with one attached hydrogen (secondary N) is 1. The van der Waals surface area contributed by atoms with E-state index in [1.807, 2.05) is 18.2 Å². The van der Waals surface area contributed by atoms with Crippen molar-refractivity contribution >= 4 is 11.3 Å². The Labute approximate surface area is 130 Å². The van der Waals surface area contributed by atoms with Gasteiger partial charge in [-0.15, -0.1) is 11.3 Å². The first kappa shape index (κ1) is 15.8. The predicted molar refractivity (Wildman–Crippen MR) is 87.2 cm³/mol. The molecule has 0 aliphatic rings. The maximum atomic E-state index is 5.47. The fraction of sp³-hybridized carbons (Fsp3) is 0.438. The van der Waals surface area contributed by atoms with Crippen molar-refractivity contribution in [3.63, 3.8) is 0 Å². The molecule has 1 N–H and O–H groups in total. The van der Waals surface area contributed by atoms with Crippen molar-refractivity contribution in [2.45, 2.75) is 20.4 Å². The Bertz CT molecular complexity index is 581. The maximum Gasteiger partial charge on any atom is 0.170 e. The molecule has 0 amide bonds. The summed E-state index contributed by atoms with van der Waals surface area (Å²) >= 11 is 1.62. The average Bonchev–Trinajstić information content (AvgIpc) is 2.94. The molecular formula is C16H22N2O2S. The molecule has 0 radical (unpaired) electrons. The molecule has 0 saturated carbocycles. The molecule has 1 aromatic carbocycles. The van der Waals surface area contributed by atoms with E-state index in [-0.39, 0.29) is 0 Å². The van der Waals surface area contributed by atoms with E-state index in [0.717, 1.165) is 40.9 Å². The Hall–Kier alpha value is -1.59. The summed E-state index contributed by atoms with van der Waals surface area (Å²) in [4.78, 5) is 4.68. The number of aromatic nitrogens is 1. The molecule has 21 heavy (non-hydrogen) atoms.